The third kappa shape index (κ3) is 4.46. The van der Waals surface area contributed by atoms with Crippen LogP contribution in [0.5, 0.6) is 0 Å². The van der Waals surface area contributed by atoms with Crippen molar-refractivity contribution in [2.24, 2.45) is 0 Å². The summed E-state index contributed by atoms with van der Waals surface area (Å²) in [5, 5.41) is 15.4. The first-order valence-electron chi connectivity index (χ1n) is 7.80. The molecule has 3 N–H and O–H groups in total. The highest BCUT2D eigenvalue weighted by atomic mass is 35.5. The smallest absolute Gasteiger partial charge is 0.322 e. The number of nitrogens with zero attached hydrogens (tertiary/aromatic N) is 3. The van der Waals surface area contributed by atoms with Gasteiger partial charge in [-0.15, -0.1) is 0 Å². The van der Waals surface area contributed by atoms with Gasteiger partial charge in [-0.3, -0.25) is 9.78 Å². The van der Waals surface area contributed by atoms with Gasteiger partial charge in [0.1, 0.15) is 12.4 Å². The number of aliphatic carboxylic acids is 1. The maximum Gasteiger partial charge on any atom is 0.322 e. The zero-order valence-electron chi connectivity index (χ0n) is 13.9. The molecular formula is C18H16ClN5O2. The third-order valence-electron chi connectivity index (χ3n) is 3.51. The number of carboxylic acids is 1. The van der Waals surface area contributed by atoms with Crippen molar-refractivity contribution in [2.45, 2.75) is 6.92 Å². The number of rotatable bonds is 6. The number of aryl methyl sites for hydroxylation is 1. The van der Waals surface area contributed by atoms with Gasteiger partial charge in [-0.25, -0.2) is 4.98 Å². The first-order valence-corrected chi connectivity index (χ1v) is 8.18. The molecule has 1 aromatic carbocycles. The highest BCUT2D eigenvalue weighted by Gasteiger charge is 2.10. The molecule has 0 aliphatic carbocycles. The van der Waals surface area contributed by atoms with Crippen molar-refractivity contribution >= 4 is 35.0 Å². The molecule has 0 fully saturated rings. The molecule has 3 rings (SSSR count). The maximum atomic E-state index is 10.8. The summed E-state index contributed by atoms with van der Waals surface area (Å²) >= 11 is 6.07. The van der Waals surface area contributed by atoms with Gasteiger partial charge < -0.3 is 15.7 Å². The molecule has 2 heterocycles. The molecule has 2 aromatic heterocycles. The summed E-state index contributed by atoms with van der Waals surface area (Å²) < 4.78 is 0. The number of hydrogen-bond acceptors (Lipinski definition) is 6. The van der Waals surface area contributed by atoms with E-state index in [9.17, 15) is 4.79 Å². The van der Waals surface area contributed by atoms with E-state index >= 15 is 0 Å². The molecule has 0 unspecified atom stereocenters. The van der Waals surface area contributed by atoms with Crippen LogP contribution >= 0.6 is 11.6 Å². The molecule has 0 spiro atoms. The summed E-state index contributed by atoms with van der Waals surface area (Å²) in [7, 11) is 0. The second-order valence-electron chi connectivity index (χ2n) is 5.51. The fraction of sp³-hybridized carbons (Fsp3) is 0.111. The van der Waals surface area contributed by atoms with E-state index < -0.39 is 5.97 Å². The number of aromatic nitrogens is 3. The van der Waals surface area contributed by atoms with Crippen LogP contribution < -0.4 is 10.6 Å². The predicted octanol–water partition coefficient (Wildman–Crippen LogP) is 3.74. The summed E-state index contributed by atoms with van der Waals surface area (Å²) in [4.78, 5) is 23.8. The standard InChI is InChI=1S/C18H16ClN5O2/c1-11-5-6-12(19)8-14(11)22-16-9-15(13-4-2-3-7-20-13)23-18(24-16)21-10-17(25)26/h2-9H,10H2,1H3,(H,25,26)(H2,21,22,23,24). The molecule has 0 amide bonds. The number of benzene rings is 1. The van der Waals surface area contributed by atoms with E-state index in [0.29, 0.717) is 22.2 Å². The Morgan fingerprint density at radius 3 is 2.73 bits per heavy atom. The van der Waals surface area contributed by atoms with Crippen LogP contribution in [0.4, 0.5) is 17.5 Å². The Bertz CT molecular complexity index is 934. The molecular weight excluding hydrogens is 354 g/mol. The summed E-state index contributed by atoms with van der Waals surface area (Å²) in [6, 6.07) is 12.7. The fourth-order valence-electron chi connectivity index (χ4n) is 2.26. The van der Waals surface area contributed by atoms with Crippen LogP contribution in [0.15, 0.2) is 48.7 Å². The van der Waals surface area contributed by atoms with Gasteiger partial charge in [0.2, 0.25) is 5.95 Å². The van der Waals surface area contributed by atoms with Gasteiger partial charge in [0.15, 0.2) is 0 Å². The maximum absolute atomic E-state index is 10.8. The first-order chi connectivity index (χ1) is 12.5. The van der Waals surface area contributed by atoms with E-state index in [4.69, 9.17) is 16.7 Å². The molecule has 0 aliphatic rings. The molecule has 0 radical (unpaired) electrons. The minimum atomic E-state index is -1.00. The minimum Gasteiger partial charge on any atom is -0.480 e. The number of carbonyl (C=O) groups is 1. The zero-order chi connectivity index (χ0) is 18.5. The van der Waals surface area contributed by atoms with Crippen LogP contribution in [-0.2, 0) is 4.79 Å². The molecule has 0 bridgehead atoms. The van der Waals surface area contributed by atoms with E-state index in [2.05, 4.69) is 25.6 Å². The van der Waals surface area contributed by atoms with Gasteiger partial charge in [-0.05, 0) is 36.8 Å². The SMILES string of the molecule is Cc1ccc(Cl)cc1Nc1cc(-c2ccccn2)nc(NCC(=O)O)n1. The van der Waals surface area contributed by atoms with Crippen molar-refractivity contribution in [1.82, 2.24) is 15.0 Å². The summed E-state index contributed by atoms with van der Waals surface area (Å²) in [5.74, 6) is -0.311. The van der Waals surface area contributed by atoms with Crippen LogP contribution in [0.1, 0.15) is 5.56 Å². The number of halogens is 1. The molecule has 0 atom stereocenters. The Morgan fingerprint density at radius 2 is 2.00 bits per heavy atom. The van der Waals surface area contributed by atoms with Crippen LogP contribution in [-0.4, -0.2) is 32.6 Å². The molecule has 132 valence electrons. The number of carboxylic acid groups (broad SMARTS) is 1. The molecule has 0 saturated heterocycles. The van der Waals surface area contributed by atoms with E-state index in [1.165, 1.54) is 0 Å². The van der Waals surface area contributed by atoms with Crippen molar-refractivity contribution in [1.29, 1.82) is 0 Å². The Kier molecular flexibility index (Phi) is 5.28. The first kappa shape index (κ1) is 17.6. The number of pyridine rings is 1. The Labute approximate surface area is 155 Å². The topological polar surface area (TPSA) is 100 Å². The molecule has 7 nitrogen and oxygen atoms in total. The number of hydrogen-bond donors (Lipinski definition) is 3. The number of anilines is 3. The molecule has 0 aliphatic heterocycles. The monoisotopic (exact) mass is 369 g/mol. The highest BCUT2D eigenvalue weighted by molar-refractivity contribution is 6.30. The summed E-state index contributed by atoms with van der Waals surface area (Å²) in [6.45, 7) is 1.66. The van der Waals surface area contributed by atoms with Gasteiger partial charge in [-0.1, -0.05) is 23.7 Å². The minimum absolute atomic E-state index is 0.192. The van der Waals surface area contributed by atoms with Crippen LogP contribution in [0.2, 0.25) is 5.02 Å². The van der Waals surface area contributed by atoms with Crippen LogP contribution in [0.3, 0.4) is 0 Å². The Morgan fingerprint density at radius 1 is 1.15 bits per heavy atom. The zero-order valence-corrected chi connectivity index (χ0v) is 14.7. The van der Waals surface area contributed by atoms with Gasteiger partial charge in [0.05, 0.1) is 11.4 Å². The summed E-state index contributed by atoms with van der Waals surface area (Å²) in [6.07, 6.45) is 1.66. The molecule has 26 heavy (non-hydrogen) atoms. The predicted molar refractivity (Wildman–Crippen MR) is 101 cm³/mol. The fourth-order valence-corrected chi connectivity index (χ4v) is 2.43. The molecule has 0 saturated carbocycles. The van der Waals surface area contributed by atoms with E-state index in [1.54, 1.807) is 24.4 Å². The number of nitrogens with one attached hydrogen (secondary N) is 2. The lowest BCUT2D eigenvalue weighted by Crippen LogP contribution is -2.15. The third-order valence-corrected chi connectivity index (χ3v) is 3.75. The van der Waals surface area contributed by atoms with Crippen molar-refractivity contribution in [3.05, 3.63) is 59.2 Å². The van der Waals surface area contributed by atoms with Crippen molar-refractivity contribution in [3.8, 4) is 11.4 Å². The lowest BCUT2D eigenvalue weighted by atomic mass is 10.2. The van der Waals surface area contributed by atoms with E-state index in [0.717, 1.165) is 11.3 Å². The lowest BCUT2D eigenvalue weighted by Gasteiger charge is -2.12. The Balaban J connectivity index is 1.98. The molecule has 3 aromatic rings. The largest absolute Gasteiger partial charge is 0.480 e. The lowest BCUT2D eigenvalue weighted by molar-refractivity contribution is -0.134. The van der Waals surface area contributed by atoms with Crippen LogP contribution in [0, 0.1) is 6.92 Å². The van der Waals surface area contributed by atoms with Gasteiger partial charge in [0, 0.05) is 23.0 Å². The summed E-state index contributed by atoms with van der Waals surface area (Å²) in [5.41, 5.74) is 3.01. The van der Waals surface area contributed by atoms with Crippen molar-refractivity contribution < 1.29 is 9.90 Å². The average molecular weight is 370 g/mol. The van der Waals surface area contributed by atoms with Crippen LogP contribution in [0.25, 0.3) is 11.4 Å². The highest BCUT2D eigenvalue weighted by Crippen LogP contribution is 2.26. The van der Waals surface area contributed by atoms with E-state index in [1.807, 2.05) is 31.2 Å². The van der Waals surface area contributed by atoms with Gasteiger partial charge >= 0.3 is 5.97 Å². The average Bonchev–Trinajstić information content (AvgIpc) is 2.63. The van der Waals surface area contributed by atoms with Gasteiger partial charge in [-0.2, -0.15) is 4.98 Å². The van der Waals surface area contributed by atoms with Crippen molar-refractivity contribution in [3.63, 3.8) is 0 Å². The normalized spacial score (nSPS) is 10.4. The van der Waals surface area contributed by atoms with Crippen molar-refractivity contribution in [2.75, 3.05) is 17.2 Å². The quantitative estimate of drug-likeness (QED) is 0.608. The second kappa shape index (κ2) is 7.79. The molecule has 8 heteroatoms. The second-order valence-corrected chi connectivity index (χ2v) is 5.94. The van der Waals surface area contributed by atoms with E-state index in [-0.39, 0.29) is 12.5 Å². The van der Waals surface area contributed by atoms with Gasteiger partial charge in [0.25, 0.3) is 0 Å². The Hall–Kier alpha value is -3.19.